The lowest BCUT2D eigenvalue weighted by atomic mass is 10.1. The van der Waals surface area contributed by atoms with Crippen molar-refractivity contribution >= 4 is 21.9 Å². The monoisotopic (exact) mass is 337 g/mol. The van der Waals surface area contributed by atoms with E-state index in [9.17, 15) is 4.79 Å². The summed E-state index contributed by atoms with van der Waals surface area (Å²) in [5.74, 6) is -0.315. The van der Waals surface area contributed by atoms with Crippen molar-refractivity contribution in [3.05, 3.63) is 45.7 Å². The normalized spacial score (nSPS) is 10.8. The molecule has 0 fully saturated rings. The molecule has 5 nitrogen and oxygen atoms in total. The van der Waals surface area contributed by atoms with Gasteiger partial charge >= 0.3 is 5.97 Å². The maximum Gasteiger partial charge on any atom is 0.360 e. The molecule has 20 heavy (non-hydrogen) atoms. The van der Waals surface area contributed by atoms with Crippen molar-refractivity contribution in [3.8, 4) is 0 Å². The van der Waals surface area contributed by atoms with E-state index in [-0.39, 0.29) is 5.92 Å². The lowest BCUT2D eigenvalue weighted by Crippen LogP contribution is -2.11. The van der Waals surface area contributed by atoms with E-state index in [0.717, 1.165) is 15.7 Å². The fourth-order valence-electron chi connectivity index (χ4n) is 2.01. The molecule has 2 aromatic rings. The Morgan fingerprint density at radius 2 is 2.00 bits per heavy atom. The quantitative estimate of drug-likeness (QED) is 0.804. The summed E-state index contributed by atoms with van der Waals surface area (Å²) in [5.41, 5.74) is 2.18. The first-order valence-corrected chi connectivity index (χ1v) is 7.08. The molecular formula is C14H16BrN3O2. The van der Waals surface area contributed by atoms with Crippen LogP contribution in [0.5, 0.6) is 0 Å². The minimum absolute atomic E-state index is 0.134. The topological polar surface area (TPSA) is 57.0 Å². The van der Waals surface area contributed by atoms with E-state index in [2.05, 4.69) is 26.2 Å². The zero-order valence-electron chi connectivity index (χ0n) is 11.6. The van der Waals surface area contributed by atoms with E-state index >= 15 is 0 Å². The van der Waals surface area contributed by atoms with Crippen LogP contribution in [0.1, 0.15) is 41.5 Å². The van der Waals surface area contributed by atoms with Crippen LogP contribution in [0.2, 0.25) is 0 Å². The van der Waals surface area contributed by atoms with E-state index in [0.29, 0.717) is 12.2 Å². The standard InChI is InChI=1S/C14H16BrN3O2/c1-9(2)13-12(14(19)20-3)16-17-18(13)8-10-4-6-11(15)7-5-10/h4-7,9H,8H2,1-3H3. The van der Waals surface area contributed by atoms with Gasteiger partial charge in [-0.1, -0.05) is 47.1 Å². The summed E-state index contributed by atoms with van der Waals surface area (Å²) >= 11 is 3.41. The van der Waals surface area contributed by atoms with Crippen LogP contribution < -0.4 is 0 Å². The first-order chi connectivity index (χ1) is 9.52. The molecule has 0 amide bonds. The second-order valence-electron chi connectivity index (χ2n) is 4.75. The van der Waals surface area contributed by atoms with Crippen LogP contribution >= 0.6 is 15.9 Å². The van der Waals surface area contributed by atoms with Gasteiger partial charge in [0.15, 0.2) is 5.69 Å². The SMILES string of the molecule is COC(=O)c1nnn(Cc2ccc(Br)cc2)c1C(C)C. The number of hydrogen-bond acceptors (Lipinski definition) is 4. The van der Waals surface area contributed by atoms with Gasteiger partial charge in [-0.05, 0) is 23.6 Å². The molecular weight excluding hydrogens is 322 g/mol. The van der Waals surface area contributed by atoms with Crippen molar-refractivity contribution in [1.82, 2.24) is 15.0 Å². The summed E-state index contributed by atoms with van der Waals surface area (Å²) in [6.45, 7) is 4.58. The van der Waals surface area contributed by atoms with Crippen molar-refractivity contribution < 1.29 is 9.53 Å². The molecule has 1 heterocycles. The van der Waals surface area contributed by atoms with Crippen LogP contribution in [0.4, 0.5) is 0 Å². The van der Waals surface area contributed by atoms with Gasteiger partial charge in [-0.15, -0.1) is 5.10 Å². The Morgan fingerprint density at radius 1 is 1.35 bits per heavy atom. The number of esters is 1. The third-order valence-corrected chi connectivity index (χ3v) is 3.47. The predicted octanol–water partition coefficient (Wildman–Crippen LogP) is 3.00. The smallest absolute Gasteiger partial charge is 0.360 e. The Kier molecular flexibility index (Phi) is 4.54. The minimum atomic E-state index is -0.448. The second-order valence-corrected chi connectivity index (χ2v) is 5.67. The highest BCUT2D eigenvalue weighted by Crippen LogP contribution is 2.20. The molecule has 0 spiro atoms. The van der Waals surface area contributed by atoms with Gasteiger partial charge in [0.05, 0.1) is 19.3 Å². The Balaban J connectivity index is 2.34. The Bertz CT molecular complexity index is 605. The average molecular weight is 338 g/mol. The van der Waals surface area contributed by atoms with Crippen molar-refractivity contribution in [3.63, 3.8) is 0 Å². The highest BCUT2D eigenvalue weighted by molar-refractivity contribution is 9.10. The van der Waals surface area contributed by atoms with Gasteiger partial charge in [-0.3, -0.25) is 0 Å². The van der Waals surface area contributed by atoms with Crippen LogP contribution in [0.3, 0.4) is 0 Å². The summed E-state index contributed by atoms with van der Waals surface area (Å²) in [5, 5.41) is 8.03. The lowest BCUT2D eigenvalue weighted by Gasteiger charge is -2.10. The molecule has 0 saturated heterocycles. The molecule has 6 heteroatoms. The van der Waals surface area contributed by atoms with Crippen LogP contribution in [0, 0.1) is 0 Å². The summed E-state index contributed by atoms with van der Waals surface area (Å²) in [6, 6.07) is 7.96. The Morgan fingerprint density at radius 3 is 2.55 bits per heavy atom. The number of methoxy groups -OCH3 is 1. The van der Waals surface area contributed by atoms with E-state index < -0.39 is 5.97 Å². The zero-order valence-corrected chi connectivity index (χ0v) is 13.2. The van der Waals surface area contributed by atoms with Gasteiger partial charge < -0.3 is 4.74 Å². The van der Waals surface area contributed by atoms with Gasteiger partial charge in [-0.25, -0.2) is 9.48 Å². The van der Waals surface area contributed by atoms with Gasteiger partial charge in [0.25, 0.3) is 0 Å². The van der Waals surface area contributed by atoms with Crippen molar-refractivity contribution in [1.29, 1.82) is 0 Å². The number of aromatic nitrogens is 3. The van der Waals surface area contributed by atoms with Crippen molar-refractivity contribution in [2.75, 3.05) is 7.11 Å². The molecule has 0 saturated carbocycles. The Hall–Kier alpha value is -1.69. The van der Waals surface area contributed by atoms with Gasteiger partial charge in [-0.2, -0.15) is 0 Å². The first-order valence-electron chi connectivity index (χ1n) is 6.29. The van der Waals surface area contributed by atoms with E-state index in [1.807, 2.05) is 38.1 Å². The van der Waals surface area contributed by atoms with Crippen molar-refractivity contribution in [2.24, 2.45) is 0 Å². The molecule has 0 bridgehead atoms. The molecule has 0 unspecified atom stereocenters. The molecule has 1 aromatic heterocycles. The number of nitrogens with zero attached hydrogens (tertiary/aromatic N) is 3. The third-order valence-electron chi connectivity index (χ3n) is 2.94. The minimum Gasteiger partial charge on any atom is -0.464 e. The molecule has 106 valence electrons. The maximum absolute atomic E-state index is 11.7. The highest BCUT2D eigenvalue weighted by atomic mass is 79.9. The molecule has 0 aliphatic heterocycles. The number of rotatable bonds is 4. The van der Waals surface area contributed by atoms with Crippen LogP contribution in [0.15, 0.2) is 28.7 Å². The number of carbonyl (C=O) groups excluding carboxylic acids is 1. The largest absolute Gasteiger partial charge is 0.464 e. The van der Waals surface area contributed by atoms with Gasteiger partial charge in [0, 0.05) is 4.47 Å². The van der Waals surface area contributed by atoms with Gasteiger partial charge in [0.1, 0.15) is 0 Å². The van der Waals surface area contributed by atoms with E-state index in [4.69, 9.17) is 4.74 Å². The van der Waals surface area contributed by atoms with Crippen molar-refractivity contribution in [2.45, 2.75) is 26.3 Å². The number of benzene rings is 1. The first kappa shape index (κ1) is 14.7. The molecule has 0 N–H and O–H groups in total. The summed E-state index contributed by atoms with van der Waals surface area (Å²) < 4.78 is 7.52. The van der Waals surface area contributed by atoms with E-state index in [1.165, 1.54) is 7.11 Å². The van der Waals surface area contributed by atoms with Gasteiger partial charge in [0.2, 0.25) is 0 Å². The van der Waals surface area contributed by atoms with Crippen LogP contribution in [0.25, 0.3) is 0 Å². The fraction of sp³-hybridized carbons (Fsp3) is 0.357. The summed E-state index contributed by atoms with van der Waals surface area (Å²) in [6.07, 6.45) is 0. The molecule has 0 atom stereocenters. The molecule has 2 rings (SSSR count). The second kappa shape index (κ2) is 6.17. The summed E-state index contributed by atoms with van der Waals surface area (Å²) in [4.78, 5) is 11.7. The fourth-order valence-corrected chi connectivity index (χ4v) is 2.28. The van der Waals surface area contributed by atoms with E-state index in [1.54, 1.807) is 4.68 Å². The number of hydrogen-bond donors (Lipinski definition) is 0. The maximum atomic E-state index is 11.7. The molecule has 0 aliphatic carbocycles. The molecule has 0 aliphatic rings. The lowest BCUT2D eigenvalue weighted by molar-refractivity contribution is 0.0592. The number of halogens is 1. The van der Waals surface area contributed by atoms with Crippen LogP contribution in [-0.4, -0.2) is 28.1 Å². The predicted molar refractivity (Wildman–Crippen MR) is 78.7 cm³/mol. The van der Waals surface area contributed by atoms with Crippen LogP contribution in [-0.2, 0) is 11.3 Å². The third kappa shape index (κ3) is 3.07. The highest BCUT2D eigenvalue weighted by Gasteiger charge is 2.22. The number of carbonyl (C=O) groups is 1. The zero-order chi connectivity index (χ0) is 14.7. The Labute approximate surface area is 126 Å². The summed E-state index contributed by atoms with van der Waals surface area (Å²) in [7, 11) is 1.35. The average Bonchev–Trinajstić information content (AvgIpc) is 2.84. The number of ether oxygens (including phenoxy) is 1. The molecule has 1 aromatic carbocycles. The molecule has 0 radical (unpaired) electrons.